The second kappa shape index (κ2) is 6.68. The minimum absolute atomic E-state index is 0.693. The van der Waals surface area contributed by atoms with Crippen molar-refractivity contribution < 1.29 is 0 Å². The lowest BCUT2D eigenvalue weighted by Gasteiger charge is -2.37. The van der Waals surface area contributed by atoms with Crippen LogP contribution in [-0.4, -0.2) is 45.6 Å². The van der Waals surface area contributed by atoms with Crippen molar-refractivity contribution in [1.82, 2.24) is 40.6 Å². The van der Waals surface area contributed by atoms with Gasteiger partial charge in [0, 0.05) is 24.8 Å². The molecule has 9 nitrogen and oxygen atoms in total. The average Bonchev–Trinajstić information content (AvgIpc) is 3.62. The Labute approximate surface area is 175 Å². The monoisotopic (exact) mass is 433 g/mol. The number of aromatic nitrogens is 8. The Balaban J connectivity index is 1.78. The SMILES string of the molecule is c1c[nH]c(S2(c3cccs3)C(c3cn[nH]n3)=NC(c3ncc[nH]3)=C2c2ccn[nH]2)c1. The lowest BCUT2D eigenvalue weighted by molar-refractivity contribution is 0.938. The summed E-state index contributed by atoms with van der Waals surface area (Å²) in [6.07, 6.45) is 8.94. The fourth-order valence-electron chi connectivity index (χ4n) is 3.67. The van der Waals surface area contributed by atoms with Crippen LogP contribution < -0.4 is 0 Å². The van der Waals surface area contributed by atoms with Crippen molar-refractivity contribution in [2.75, 3.05) is 0 Å². The van der Waals surface area contributed by atoms with E-state index in [2.05, 4.69) is 64.1 Å². The molecule has 1 unspecified atom stereocenters. The summed E-state index contributed by atoms with van der Waals surface area (Å²) >= 11 is 1.70. The predicted molar refractivity (Wildman–Crippen MR) is 116 cm³/mol. The number of nitrogens with one attached hydrogen (secondary N) is 4. The number of hydrogen-bond donors (Lipinski definition) is 4. The highest BCUT2D eigenvalue weighted by Gasteiger charge is 2.48. The summed E-state index contributed by atoms with van der Waals surface area (Å²) in [7, 11) is -2.00. The van der Waals surface area contributed by atoms with E-state index in [0.29, 0.717) is 11.5 Å². The summed E-state index contributed by atoms with van der Waals surface area (Å²) in [6, 6.07) is 10.3. The largest absolute Gasteiger partial charge is 0.357 e. The van der Waals surface area contributed by atoms with Crippen LogP contribution in [0.3, 0.4) is 0 Å². The van der Waals surface area contributed by atoms with Crippen LogP contribution in [0.15, 0.2) is 80.9 Å². The molecule has 0 fully saturated rings. The maximum Gasteiger partial charge on any atom is 0.157 e. The third-order valence-corrected chi connectivity index (χ3v) is 10.1. The van der Waals surface area contributed by atoms with E-state index >= 15 is 0 Å². The summed E-state index contributed by atoms with van der Waals surface area (Å²) < 4.78 is 1.18. The topological polar surface area (TPSA) is 127 Å². The minimum atomic E-state index is -2.00. The zero-order chi connectivity index (χ0) is 20.0. The van der Waals surface area contributed by atoms with Crippen molar-refractivity contribution in [3.05, 3.63) is 83.9 Å². The standard InChI is InChI=1S/C19H15N9S2/c1-3-14(20-6-1)30(15-4-2-10-29-15)17(12-5-7-23-26-12)16(18-21-8-9-22-18)25-19(30)13-11-24-28-27-13/h1-11,20H,(H,21,22)(H,23,26)(H,24,27,28). The Bertz CT molecular complexity index is 1280. The van der Waals surface area contributed by atoms with Crippen molar-refractivity contribution in [1.29, 1.82) is 0 Å². The lowest BCUT2D eigenvalue weighted by Crippen LogP contribution is -2.14. The first-order valence-electron chi connectivity index (χ1n) is 9.08. The molecule has 0 aromatic carbocycles. The van der Waals surface area contributed by atoms with Crippen molar-refractivity contribution in [3.8, 4) is 0 Å². The van der Waals surface area contributed by atoms with Gasteiger partial charge in [0.1, 0.15) is 16.4 Å². The van der Waals surface area contributed by atoms with E-state index in [1.54, 1.807) is 36.1 Å². The third-order valence-electron chi connectivity index (χ3n) is 4.82. The van der Waals surface area contributed by atoms with E-state index in [1.807, 2.05) is 18.3 Å². The number of nitrogens with zero attached hydrogens (tertiary/aromatic N) is 5. The van der Waals surface area contributed by atoms with Gasteiger partial charge in [0.2, 0.25) is 0 Å². The Morgan fingerprint density at radius 1 is 0.967 bits per heavy atom. The van der Waals surface area contributed by atoms with Crippen LogP contribution in [0.5, 0.6) is 0 Å². The average molecular weight is 434 g/mol. The van der Waals surface area contributed by atoms with Crippen LogP contribution in [-0.2, 0) is 0 Å². The number of thiophene rings is 1. The van der Waals surface area contributed by atoms with E-state index in [-0.39, 0.29) is 0 Å². The number of aliphatic imine (C=N–C) groups is 1. The molecule has 11 heteroatoms. The number of imidazole rings is 1. The molecule has 1 aliphatic rings. The van der Waals surface area contributed by atoms with Crippen LogP contribution in [0.1, 0.15) is 17.2 Å². The van der Waals surface area contributed by atoms with Crippen LogP contribution in [0.25, 0.3) is 10.6 Å². The molecule has 5 aromatic heterocycles. The molecule has 0 radical (unpaired) electrons. The summed E-state index contributed by atoms with van der Waals surface area (Å²) in [4.78, 5) is 17.3. The third kappa shape index (κ3) is 2.33. The van der Waals surface area contributed by atoms with E-state index in [0.717, 1.165) is 26.4 Å². The summed E-state index contributed by atoms with van der Waals surface area (Å²) in [5.74, 6) is 0.693. The molecule has 0 amide bonds. The van der Waals surface area contributed by atoms with Crippen molar-refractivity contribution in [2.45, 2.75) is 9.24 Å². The van der Waals surface area contributed by atoms with Gasteiger partial charge in [-0.25, -0.2) is 9.98 Å². The van der Waals surface area contributed by atoms with E-state index in [1.165, 1.54) is 4.21 Å². The molecule has 0 aliphatic carbocycles. The van der Waals surface area contributed by atoms with Gasteiger partial charge in [-0.3, -0.25) is 5.10 Å². The summed E-state index contributed by atoms with van der Waals surface area (Å²) in [6.45, 7) is 0. The van der Waals surface area contributed by atoms with E-state index in [9.17, 15) is 0 Å². The Kier molecular flexibility index (Phi) is 3.82. The fraction of sp³-hybridized carbons (Fsp3) is 0. The first-order valence-corrected chi connectivity index (χ1v) is 11.6. The van der Waals surface area contributed by atoms with Gasteiger partial charge in [0.25, 0.3) is 0 Å². The van der Waals surface area contributed by atoms with Crippen molar-refractivity contribution in [3.63, 3.8) is 0 Å². The normalized spacial score (nSPS) is 21.0. The lowest BCUT2D eigenvalue weighted by atomic mass is 10.3. The quantitative estimate of drug-likeness (QED) is 0.336. The first kappa shape index (κ1) is 17.2. The van der Waals surface area contributed by atoms with Gasteiger partial charge in [0.05, 0.1) is 26.0 Å². The molecular weight excluding hydrogens is 418 g/mol. The van der Waals surface area contributed by atoms with Gasteiger partial charge in [-0.15, -0.1) is 11.3 Å². The first-order chi connectivity index (χ1) is 14.9. The minimum Gasteiger partial charge on any atom is -0.357 e. The molecule has 6 heterocycles. The number of H-pyrrole nitrogens is 4. The molecule has 30 heavy (non-hydrogen) atoms. The number of rotatable bonds is 5. The molecule has 1 aliphatic heterocycles. The van der Waals surface area contributed by atoms with Crippen molar-refractivity contribution >= 4 is 37.0 Å². The maximum atomic E-state index is 5.13. The summed E-state index contributed by atoms with van der Waals surface area (Å²) in [5, 5.41) is 22.6. The molecule has 4 N–H and O–H groups in total. The highest BCUT2D eigenvalue weighted by atomic mass is 32.3. The number of hydrogen-bond acceptors (Lipinski definition) is 6. The summed E-state index contributed by atoms with van der Waals surface area (Å²) in [5.41, 5.74) is 2.36. The maximum absolute atomic E-state index is 5.13. The van der Waals surface area contributed by atoms with Gasteiger partial charge in [-0.1, -0.05) is 16.1 Å². The molecule has 5 aromatic rings. The molecule has 0 spiro atoms. The second-order valence-electron chi connectivity index (χ2n) is 6.44. The highest BCUT2D eigenvalue weighted by Crippen LogP contribution is 2.77. The van der Waals surface area contributed by atoms with E-state index in [4.69, 9.17) is 4.99 Å². The number of aromatic amines is 4. The smallest absolute Gasteiger partial charge is 0.157 e. The zero-order valence-electron chi connectivity index (χ0n) is 15.4. The van der Waals surface area contributed by atoms with Crippen LogP contribution in [0, 0.1) is 0 Å². The van der Waals surface area contributed by atoms with Crippen molar-refractivity contribution in [2.24, 2.45) is 4.99 Å². The Morgan fingerprint density at radius 3 is 2.63 bits per heavy atom. The van der Waals surface area contributed by atoms with Gasteiger partial charge in [0.15, 0.2) is 5.82 Å². The molecule has 1 atom stereocenters. The van der Waals surface area contributed by atoms with Gasteiger partial charge in [-0.2, -0.15) is 20.5 Å². The van der Waals surface area contributed by atoms with Crippen LogP contribution >= 0.6 is 21.4 Å². The fourth-order valence-corrected chi connectivity index (χ4v) is 9.18. The van der Waals surface area contributed by atoms with Gasteiger partial charge < -0.3 is 9.97 Å². The predicted octanol–water partition coefficient (Wildman–Crippen LogP) is 3.85. The van der Waals surface area contributed by atoms with Crippen LogP contribution in [0.2, 0.25) is 0 Å². The molecule has 6 rings (SSSR count). The zero-order valence-corrected chi connectivity index (χ0v) is 17.0. The van der Waals surface area contributed by atoms with E-state index < -0.39 is 10.0 Å². The Morgan fingerprint density at radius 2 is 1.97 bits per heavy atom. The molecule has 0 saturated carbocycles. The van der Waals surface area contributed by atoms with Crippen LogP contribution in [0.4, 0.5) is 0 Å². The Hall–Kier alpha value is -3.70. The van der Waals surface area contributed by atoms with Gasteiger partial charge >= 0.3 is 0 Å². The molecular formula is C19H15N9S2. The second-order valence-corrected chi connectivity index (χ2v) is 10.5. The molecule has 0 bridgehead atoms. The van der Waals surface area contributed by atoms with Gasteiger partial charge in [-0.05, 0) is 29.6 Å². The molecule has 0 saturated heterocycles. The molecule has 148 valence electrons. The highest BCUT2D eigenvalue weighted by molar-refractivity contribution is 8.53.